The van der Waals surface area contributed by atoms with Crippen LogP contribution in [0.1, 0.15) is 24.8 Å². The van der Waals surface area contributed by atoms with Crippen LogP contribution in [0.5, 0.6) is 5.75 Å². The first-order chi connectivity index (χ1) is 10.00. The fraction of sp³-hybridized carbons (Fsp3) is 0.600. The Morgan fingerprint density at radius 3 is 2.62 bits per heavy atom. The Hall–Kier alpha value is -1.11. The Balaban J connectivity index is 1.84. The van der Waals surface area contributed by atoms with Crippen LogP contribution in [0, 0.1) is 6.92 Å². The van der Waals surface area contributed by atoms with Crippen LogP contribution in [0.2, 0.25) is 0 Å². The van der Waals surface area contributed by atoms with E-state index in [-0.39, 0.29) is 0 Å². The van der Waals surface area contributed by atoms with E-state index in [2.05, 4.69) is 0 Å². The van der Waals surface area contributed by atoms with Gasteiger partial charge in [0.25, 0.3) is 10.2 Å². The molecule has 2 rings (SSSR count). The highest BCUT2D eigenvalue weighted by molar-refractivity contribution is 7.86. The molecule has 0 aliphatic carbocycles. The zero-order chi connectivity index (χ0) is 15.3. The minimum absolute atomic E-state index is 0.354. The number of aryl methyl sites for hydroxylation is 1. The third kappa shape index (κ3) is 4.43. The van der Waals surface area contributed by atoms with Crippen molar-refractivity contribution in [3.8, 4) is 5.75 Å². The largest absolute Gasteiger partial charge is 0.492 e. The summed E-state index contributed by atoms with van der Waals surface area (Å²) in [6, 6.07) is 7.75. The van der Waals surface area contributed by atoms with Crippen LogP contribution < -0.4 is 4.74 Å². The number of nitrogens with zero attached hydrogens (tertiary/aromatic N) is 2. The van der Waals surface area contributed by atoms with Crippen molar-refractivity contribution in [3.63, 3.8) is 0 Å². The van der Waals surface area contributed by atoms with Gasteiger partial charge in [0.15, 0.2) is 0 Å². The zero-order valence-electron chi connectivity index (χ0n) is 12.8. The zero-order valence-corrected chi connectivity index (χ0v) is 13.6. The van der Waals surface area contributed by atoms with Gasteiger partial charge in [0.1, 0.15) is 12.4 Å². The molecule has 1 aliphatic rings. The van der Waals surface area contributed by atoms with E-state index in [1.165, 1.54) is 4.31 Å². The van der Waals surface area contributed by atoms with E-state index < -0.39 is 10.2 Å². The average Bonchev–Trinajstić information content (AvgIpc) is 2.48. The molecule has 1 saturated heterocycles. The third-order valence-corrected chi connectivity index (χ3v) is 5.69. The standard InChI is InChI=1S/C15H24N2O3S/c1-14-7-6-8-15(13-14)20-12-11-16(2)21(18,19)17-9-4-3-5-10-17/h6-8,13H,3-5,9-12H2,1-2H3. The topological polar surface area (TPSA) is 49.9 Å². The summed E-state index contributed by atoms with van der Waals surface area (Å²) >= 11 is 0. The summed E-state index contributed by atoms with van der Waals surface area (Å²) in [4.78, 5) is 0. The lowest BCUT2D eigenvalue weighted by molar-refractivity contribution is 0.268. The lowest BCUT2D eigenvalue weighted by Crippen LogP contribution is -2.45. The molecule has 1 aliphatic heterocycles. The van der Waals surface area contributed by atoms with Gasteiger partial charge >= 0.3 is 0 Å². The number of ether oxygens (including phenoxy) is 1. The van der Waals surface area contributed by atoms with Crippen LogP contribution in [-0.2, 0) is 10.2 Å². The molecule has 1 fully saturated rings. The Labute approximate surface area is 127 Å². The Morgan fingerprint density at radius 1 is 1.24 bits per heavy atom. The second-order valence-electron chi connectivity index (χ2n) is 5.45. The highest BCUT2D eigenvalue weighted by Crippen LogP contribution is 2.16. The molecule has 0 saturated carbocycles. The van der Waals surface area contributed by atoms with Crippen molar-refractivity contribution in [2.45, 2.75) is 26.2 Å². The fourth-order valence-corrected chi connectivity index (χ4v) is 3.82. The molecule has 0 N–H and O–H groups in total. The van der Waals surface area contributed by atoms with Gasteiger partial charge in [-0.05, 0) is 37.5 Å². The van der Waals surface area contributed by atoms with Gasteiger partial charge in [-0.2, -0.15) is 17.0 Å². The molecule has 6 heteroatoms. The van der Waals surface area contributed by atoms with E-state index in [9.17, 15) is 8.42 Å². The molecule has 0 radical (unpaired) electrons. The molecule has 5 nitrogen and oxygen atoms in total. The maximum Gasteiger partial charge on any atom is 0.281 e. The minimum atomic E-state index is -3.34. The van der Waals surface area contributed by atoms with Gasteiger partial charge in [-0.15, -0.1) is 0 Å². The van der Waals surface area contributed by atoms with E-state index in [1.807, 2.05) is 31.2 Å². The lowest BCUT2D eigenvalue weighted by Gasteiger charge is -2.30. The maximum absolute atomic E-state index is 12.4. The highest BCUT2D eigenvalue weighted by atomic mass is 32.2. The Bertz CT molecular complexity index is 554. The van der Waals surface area contributed by atoms with E-state index in [0.29, 0.717) is 26.2 Å². The number of piperidine rings is 1. The molecule has 0 spiro atoms. The van der Waals surface area contributed by atoms with E-state index in [4.69, 9.17) is 4.74 Å². The van der Waals surface area contributed by atoms with Crippen LogP contribution in [0.3, 0.4) is 0 Å². The van der Waals surface area contributed by atoms with E-state index in [1.54, 1.807) is 11.4 Å². The summed E-state index contributed by atoms with van der Waals surface area (Å²) in [5.41, 5.74) is 1.13. The van der Waals surface area contributed by atoms with Gasteiger partial charge in [0.2, 0.25) is 0 Å². The van der Waals surface area contributed by atoms with Crippen molar-refractivity contribution in [2.24, 2.45) is 0 Å². The molecule has 1 aromatic rings. The van der Waals surface area contributed by atoms with Gasteiger partial charge in [-0.1, -0.05) is 18.6 Å². The van der Waals surface area contributed by atoms with Crippen molar-refractivity contribution in [1.82, 2.24) is 8.61 Å². The predicted octanol–water partition coefficient (Wildman–Crippen LogP) is 2.04. The molecule has 118 valence electrons. The second kappa shape index (κ2) is 7.24. The second-order valence-corrected chi connectivity index (χ2v) is 7.49. The number of likely N-dealkylation sites (N-methyl/N-ethyl adjacent to an activating group) is 1. The minimum Gasteiger partial charge on any atom is -0.492 e. The van der Waals surface area contributed by atoms with Crippen molar-refractivity contribution in [2.75, 3.05) is 33.3 Å². The molecule has 0 atom stereocenters. The number of rotatable bonds is 6. The number of hydrogen-bond donors (Lipinski definition) is 0. The van der Waals surface area contributed by atoms with E-state index >= 15 is 0 Å². The third-order valence-electron chi connectivity index (χ3n) is 3.70. The van der Waals surface area contributed by atoms with Crippen LogP contribution in [-0.4, -0.2) is 50.3 Å². The molecular weight excluding hydrogens is 288 g/mol. The van der Waals surface area contributed by atoms with Gasteiger partial charge in [-0.25, -0.2) is 0 Å². The van der Waals surface area contributed by atoms with Crippen LogP contribution in [0.4, 0.5) is 0 Å². The smallest absolute Gasteiger partial charge is 0.281 e. The van der Waals surface area contributed by atoms with Crippen LogP contribution in [0.15, 0.2) is 24.3 Å². The fourth-order valence-electron chi connectivity index (χ4n) is 2.41. The highest BCUT2D eigenvalue weighted by Gasteiger charge is 2.27. The SMILES string of the molecule is Cc1cccc(OCCN(C)S(=O)(=O)N2CCCCC2)c1. The van der Waals surface area contributed by atoms with E-state index in [0.717, 1.165) is 30.6 Å². The first-order valence-corrected chi connectivity index (χ1v) is 8.81. The average molecular weight is 312 g/mol. The summed E-state index contributed by atoms with van der Waals surface area (Å²) < 4.78 is 33.3. The predicted molar refractivity (Wildman–Crippen MR) is 83.6 cm³/mol. The van der Waals surface area contributed by atoms with Crippen LogP contribution >= 0.6 is 0 Å². The molecule has 1 heterocycles. The molecule has 0 aromatic heterocycles. The summed E-state index contributed by atoms with van der Waals surface area (Å²) in [6.07, 6.45) is 3.02. The molecular formula is C15H24N2O3S. The van der Waals surface area contributed by atoms with Crippen LogP contribution in [0.25, 0.3) is 0 Å². The first kappa shape index (κ1) is 16.3. The molecule has 0 amide bonds. The number of benzene rings is 1. The molecule has 21 heavy (non-hydrogen) atoms. The summed E-state index contributed by atoms with van der Waals surface area (Å²) in [5, 5.41) is 0. The Kier molecular flexibility index (Phi) is 5.61. The van der Waals surface area contributed by atoms with Crippen molar-refractivity contribution >= 4 is 10.2 Å². The lowest BCUT2D eigenvalue weighted by atomic mass is 10.2. The summed E-state index contributed by atoms with van der Waals surface area (Å²) in [6.45, 7) is 3.97. The van der Waals surface area contributed by atoms with Gasteiger partial charge in [0, 0.05) is 26.7 Å². The normalized spacial score (nSPS) is 17.1. The van der Waals surface area contributed by atoms with Crippen molar-refractivity contribution < 1.29 is 13.2 Å². The molecule has 1 aromatic carbocycles. The van der Waals surface area contributed by atoms with Gasteiger partial charge in [-0.3, -0.25) is 0 Å². The van der Waals surface area contributed by atoms with Gasteiger partial charge in [0.05, 0.1) is 0 Å². The molecule has 0 bridgehead atoms. The van der Waals surface area contributed by atoms with Crippen molar-refractivity contribution in [1.29, 1.82) is 0 Å². The summed E-state index contributed by atoms with van der Waals surface area (Å²) in [7, 11) is -1.72. The monoisotopic (exact) mass is 312 g/mol. The number of hydrogen-bond acceptors (Lipinski definition) is 3. The maximum atomic E-state index is 12.4. The van der Waals surface area contributed by atoms with Crippen molar-refractivity contribution in [3.05, 3.63) is 29.8 Å². The first-order valence-electron chi connectivity index (χ1n) is 7.41. The molecule has 0 unspecified atom stereocenters. The Morgan fingerprint density at radius 2 is 1.95 bits per heavy atom. The van der Waals surface area contributed by atoms with Gasteiger partial charge < -0.3 is 4.74 Å². The quantitative estimate of drug-likeness (QED) is 0.807. The summed E-state index contributed by atoms with van der Waals surface area (Å²) in [5.74, 6) is 0.777.